The Morgan fingerprint density at radius 1 is 0.872 bits per heavy atom. The molecule has 0 spiro atoms. The van der Waals surface area contributed by atoms with E-state index in [-0.39, 0.29) is 28.7 Å². The van der Waals surface area contributed by atoms with Gasteiger partial charge in [0, 0.05) is 10.8 Å². The number of rotatable bonds is 5. The minimum absolute atomic E-state index is 0.0451. The number of benzene rings is 2. The number of aromatic carboxylic acids is 1. The molecule has 2 heterocycles. The van der Waals surface area contributed by atoms with Crippen molar-refractivity contribution in [1.29, 1.82) is 0 Å². The van der Waals surface area contributed by atoms with Crippen LogP contribution in [0, 0.1) is 5.92 Å². The third kappa shape index (κ3) is 6.40. The molecular formula is C29H31N5O5. The van der Waals surface area contributed by atoms with Gasteiger partial charge in [-0.25, -0.2) is 19.6 Å². The fourth-order valence-electron chi connectivity index (χ4n) is 4.80. The van der Waals surface area contributed by atoms with E-state index in [4.69, 9.17) is 21.3 Å². The van der Waals surface area contributed by atoms with Crippen molar-refractivity contribution >= 4 is 51.3 Å². The van der Waals surface area contributed by atoms with Crippen LogP contribution in [0.4, 0.5) is 11.6 Å². The number of pyridine rings is 2. The Bertz CT molecular complexity index is 1520. The highest BCUT2D eigenvalue weighted by molar-refractivity contribution is 6.03. The van der Waals surface area contributed by atoms with Crippen LogP contribution >= 0.6 is 0 Å². The predicted molar refractivity (Wildman–Crippen MR) is 149 cm³/mol. The van der Waals surface area contributed by atoms with Crippen molar-refractivity contribution in [1.82, 2.24) is 15.3 Å². The van der Waals surface area contributed by atoms with Crippen LogP contribution in [0.5, 0.6) is 0 Å². The number of nitrogen functional groups attached to an aromatic ring is 2. The number of nitrogens with one attached hydrogen (secondary N) is 1. The molecule has 1 aliphatic rings. The minimum Gasteiger partial charge on any atom is -0.478 e. The number of fused-ring (bicyclic) bond motifs is 2. The SMILES string of the molecule is COC(=O)[C@@H](NC(=O)c1cc2ccccc2nc1N)C1CCCCC1.Nc1nc2ccccc2cc1C(=O)O. The van der Waals surface area contributed by atoms with Gasteiger partial charge in [0.05, 0.1) is 23.7 Å². The molecule has 39 heavy (non-hydrogen) atoms. The molecule has 2 aromatic heterocycles. The summed E-state index contributed by atoms with van der Waals surface area (Å²) >= 11 is 0. The molecule has 5 rings (SSSR count). The number of carbonyl (C=O) groups is 3. The quantitative estimate of drug-likeness (QED) is 0.277. The lowest BCUT2D eigenvalue weighted by Crippen LogP contribution is -2.47. The number of methoxy groups -OCH3 is 1. The summed E-state index contributed by atoms with van der Waals surface area (Å²) in [5.41, 5.74) is 13.2. The van der Waals surface area contributed by atoms with E-state index < -0.39 is 23.9 Å². The average Bonchev–Trinajstić information content (AvgIpc) is 2.95. The van der Waals surface area contributed by atoms with E-state index in [0.29, 0.717) is 5.52 Å². The number of hydrogen-bond acceptors (Lipinski definition) is 8. The number of aromatic nitrogens is 2. The van der Waals surface area contributed by atoms with E-state index in [1.54, 1.807) is 18.2 Å². The van der Waals surface area contributed by atoms with Gasteiger partial charge in [0.2, 0.25) is 0 Å². The van der Waals surface area contributed by atoms with Crippen LogP contribution in [0.2, 0.25) is 0 Å². The fraction of sp³-hybridized carbons (Fsp3) is 0.276. The maximum atomic E-state index is 12.7. The summed E-state index contributed by atoms with van der Waals surface area (Å²) < 4.78 is 4.90. The molecule has 202 valence electrons. The van der Waals surface area contributed by atoms with Gasteiger partial charge in [-0.15, -0.1) is 0 Å². The molecule has 6 N–H and O–H groups in total. The van der Waals surface area contributed by atoms with Gasteiger partial charge in [-0.3, -0.25) is 4.79 Å². The van der Waals surface area contributed by atoms with Crippen LogP contribution in [-0.2, 0) is 9.53 Å². The van der Waals surface area contributed by atoms with E-state index in [2.05, 4.69) is 15.3 Å². The van der Waals surface area contributed by atoms with Crippen molar-refractivity contribution < 1.29 is 24.2 Å². The molecular weight excluding hydrogens is 498 g/mol. The van der Waals surface area contributed by atoms with E-state index in [0.717, 1.165) is 42.0 Å². The Morgan fingerprint density at radius 3 is 1.92 bits per heavy atom. The lowest BCUT2D eigenvalue weighted by atomic mass is 9.83. The monoisotopic (exact) mass is 529 g/mol. The molecule has 0 radical (unpaired) electrons. The summed E-state index contributed by atoms with van der Waals surface area (Å²) in [4.78, 5) is 44.0. The van der Waals surface area contributed by atoms with Crippen molar-refractivity contribution in [3.8, 4) is 0 Å². The summed E-state index contributed by atoms with van der Waals surface area (Å²) in [5.74, 6) is -1.55. The van der Waals surface area contributed by atoms with Crippen molar-refractivity contribution in [2.24, 2.45) is 5.92 Å². The number of nitrogens with zero attached hydrogens (tertiary/aromatic N) is 2. The Balaban J connectivity index is 0.000000212. The van der Waals surface area contributed by atoms with E-state index >= 15 is 0 Å². The Morgan fingerprint density at radius 2 is 1.38 bits per heavy atom. The molecule has 1 atom stereocenters. The summed E-state index contributed by atoms with van der Waals surface area (Å²) in [5, 5.41) is 13.2. The number of nitrogens with two attached hydrogens (primary N) is 2. The van der Waals surface area contributed by atoms with Gasteiger partial charge in [-0.05, 0) is 43.0 Å². The Hall–Kier alpha value is -4.73. The summed E-state index contributed by atoms with van der Waals surface area (Å²) in [6, 6.07) is 17.3. The number of esters is 1. The minimum atomic E-state index is -1.05. The third-order valence-electron chi connectivity index (χ3n) is 6.84. The number of carboxylic acids is 1. The number of hydrogen-bond donors (Lipinski definition) is 4. The number of carbonyl (C=O) groups excluding carboxylic acids is 2. The molecule has 0 aliphatic heterocycles. The number of ether oxygens (including phenoxy) is 1. The maximum Gasteiger partial charge on any atom is 0.339 e. The second-order valence-corrected chi connectivity index (χ2v) is 9.41. The van der Waals surface area contributed by atoms with Gasteiger partial charge in [0.15, 0.2) is 0 Å². The van der Waals surface area contributed by atoms with E-state index in [1.165, 1.54) is 19.6 Å². The van der Waals surface area contributed by atoms with Crippen LogP contribution in [0.15, 0.2) is 60.7 Å². The highest BCUT2D eigenvalue weighted by Gasteiger charge is 2.32. The fourth-order valence-corrected chi connectivity index (χ4v) is 4.80. The first-order valence-electron chi connectivity index (χ1n) is 12.7. The van der Waals surface area contributed by atoms with Crippen LogP contribution in [0.25, 0.3) is 21.8 Å². The number of para-hydroxylation sites is 2. The maximum absolute atomic E-state index is 12.7. The standard InChI is InChI=1S/C19H23N3O3.C10H8N2O2/c1-25-19(24)16(12-7-3-2-4-8-12)22-18(23)14-11-13-9-5-6-10-15(13)21-17(14)20;11-9-7(10(13)14)5-6-3-1-2-4-8(6)12-9/h5-6,9-12,16H,2-4,7-8H2,1H3,(H2,20,21)(H,22,23);1-5H,(H2,11,12)(H,13,14)/t16-;/m0./s1. The first-order chi connectivity index (χ1) is 18.8. The molecule has 0 bridgehead atoms. The van der Waals surface area contributed by atoms with Gasteiger partial charge in [0.25, 0.3) is 5.91 Å². The van der Waals surface area contributed by atoms with Crippen molar-refractivity contribution in [2.75, 3.05) is 18.6 Å². The molecule has 1 aliphatic carbocycles. The molecule has 10 heteroatoms. The average molecular weight is 530 g/mol. The smallest absolute Gasteiger partial charge is 0.339 e. The molecule has 4 aromatic rings. The molecule has 2 aromatic carbocycles. The zero-order valence-corrected chi connectivity index (χ0v) is 21.6. The van der Waals surface area contributed by atoms with Gasteiger partial charge >= 0.3 is 11.9 Å². The van der Waals surface area contributed by atoms with Crippen LogP contribution < -0.4 is 16.8 Å². The van der Waals surface area contributed by atoms with Crippen LogP contribution in [0.1, 0.15) is 52.8 Å². The lowest BCUT2D eigenvalue weighted by Gasteiger charge is -2.29. The first kappa shape index (κ1) is 27.3. The third-order valence-corrected chi connectivity index (χ3v) is 6.84. The van der Waals surface area contributed by atoms with Crippen LogP contribution in [-0.4, -0.2) is 46.1 Å². The van der Waals surface area contributed by atoms with Gasteiger partial charge in [-0.1, -0.05) is 55.7 Å². The summed E-state index contributed by atoms with van der Waals surface area (Å²) in [6.45, 7) is 0. The molecule has 1 saturated carbocycles. The predicted octanol–water partition coefficient (Wildman–Crippen LogP) is 4.18. The van der Waals surface area contributed by atoms with Gasteiger partial charge in [0.1, 0.15) is 23.2 Å². The van der Waals surface area contributed by atoms with Gasteiger partial charge in [-0.2, -0.15) is 0 Å². The van der Waals surface area contributed by atoms with Crippen molar-refractivity contribution in [3.05, 3.63) is 71.8 Å². The second kappa shape index (κ2) is 12.2. The largest absolute Gasteiger partial charge is 0.478 e. The highest BCUT2D eigenvalue weighted by atomic mass is 16.5. The highest BCUT2D eigenvalue weighted by Crippen LogP contribution is 2.28. The molecule has 10 nitrogen and oxygen atoms in total. The van der Waals surface area contributed by atoms with E-state index in [1.807, 2.05) is 36.4 Å². The first-order valence-corrected chi connectivity index (χ1v) is 12.7. The molecule has 1 fully saturated rings. The topological polar surface area (TPSA) is 171 Å². The Kier molecular flexibility index (Phi) is 8.55. The lowest BCUT2D eigenvalue weighted by molar-refractivity contribution is -0.144. The number of anilines is 2. The zero-order valence-electron chi connectivity index (χ0n) is 21.6. The van der Waals surface area contributed by atoms with Crippen molar-refractivity contribution in [3.63, 3.8) is 0 Å². The molecule has 1 amide bonds. The van der Waals surface area contributed by atoms with Crippen molar-refractivity contribution in [2.45, 2.75) is 38.1 Å². The van der Waals surface area contributed by atoms with Gasteiger partial charge < -0.3 is 26.6 Å². The zero-order chi connectivity index (χ0) is 27.9. The molecule has 0 saturated heterocycles. The van der Waals surface area contributed by atoms with Crippen LogP contribution in [0.3, 0.4) is 0 Å². The Labute approximate surface area is 225 Å². The second-order valence-electron chi connectivity index (χ2n) is 9.41. The number of amides is 1. The summed E-state index contributed by atoms with van der Waals surface area (Å²) in [6.07, 6.45) is 5.11. The summed E-state index contributed by atoms with van der Waals surface area (Å²) in [7, 11) is 1.34. The number of carboxylic acid groups (broad SMARTS) is 1. The van der Waals surface area contributed by atoms with E-state index in [9.17, 15) is 14.4 Å². The molecule has 0 unspecified atom stereocenters. The normalized spacial score (nSPS) is 14.2.